The predicted octanol–water partition coefficient (Wildman–Crippen LogP) is 2.09. The third kappa shape index (κ3) is 5.26. The summed E-state index contributed by atoms with van der Waals surface area (Å²) in [4.78, 5) is 26.8. The van der Waals surface area contributed by atoms with E-state index in [1.165, 1.54) is 0 Å². The molecule has 0 aromatic carbocycles. The molecule has 0 aliphatic heterocycles. The Balaban J connectivity index is 2.51. The first-order valence-corrected chi connectivity index (χ1v) is 6.74. The number of aromatic nitrogens is 1. The van der Waals surface area contributed by atoms with Gasteiger partial charge in [-0.25, -0.2) is 9.59 Å². The molecule has 1 aromatic rings. The second kappa shape index (κ2) is 8.14. The Hall–Kier alpha value is -2.11. The molecule has 20 heavy (non-hydrogen) atoms. The van der Waals surface area contributed by atoms with Crippen molar-refractivity contribution in [3.63, 3.8) is 0 Å². The molecule has 0 aliphatic rings. The first-order chi connectivity index (χ1) is 9.54. The van der Waals surface area contributed by atoms with Crippen molar-refractivity contribution in [1.29, 1.82) is 0 Å². The number of aliphatic carboxylic acids is 1. The van der Waals surface area contributed by atoms with Crippen LogP contribution in [0.3, 0.4) is 0 Å². The maximum atomic E-state index is 11.8. The van der Waals surface area contributed by atoms with Gasteiger partial charge in [-0.1, -0.05) is 19.8 Å². The summed E-state index contributed by atoms with van der Waals surface area (Å²) < 4.78 is 0. The number of amides is 2. The van der Waals surface area contributed by atoms with Gasteiger partial charge in [0.1, 0.15) is 6.04 Å². The lowest BCUT2D eigenvalue weighted by atomic mass is 10.1. The number of hydrogen-bond acceptors (Lipinski definition) is 3. The average molecular weight is 279 g/mol. The highest BCUT2D eigenvalue weighted by Crippen LogP contribution is 2.10. The zero-order chi connectivity index (χ0) is 15.0. The van der Waals surface area contributed by atoms with Crippen molar-refractivity contribution in [1.82, 2.24) is 15.6 Å². The second-order valence-electron chi connectivity index (χ2n) is 4.65. The lowest BCUT2D eigenvalue weighted by molar-refractivity contribution is -0.139. The number of nitrogens with one attached hydrogen (secondary N) is 2. The fourth-order valence-electron chi connectivity index (χ4n) is 1.80. The van der Waals surface area contributed by atoms with Crippen molar-refractivity contribution < 1.29 is 14.7 Å². The molecule has 3 N–H and O–H groups in total. The second-order valence-corrected chi connectivity index (χ2v) is 4.65. The number of carboxylic acid groups (broad SMARTS) is 1. The van der Waals surface area contributed by atoms with Gasteiger partial charge in [0.2, 0.25) is 0 Å². The minimum absolute atomic E-state index is 0.210. The standard InChI is InChI=1S/C14H21N3O3/c1-3-4-5-12(13(18)19)17-14(20)16-10(2)11-6-8-15-9-7-11/h6-10,12H,3-5H2,1-2H3,(H,18,19)(H2,16,17,20). The van der Waals surface area contributed by atoms with Crippen molar-refractivity contribution in [3.8, 4) is 0 Å². The molecule has 1 heterocycles. The number of hydrogen-bond donors (Lipinski definition) is 3. The van der Waals surface area contributed by atoms with Crippen LogP contribution in [0.5, 0.6) is 0 Å². The van der Waals surface area contributed by atoms with Crippen LogP contribution in [0.1, 0.15) is 44.7 Å². The molecule has 2 unspecified atom stereocenters. The molecule has 0 saturated heterocycles. The molecule has 0 saturated carbocycles. The lowest BCUT2D eigenvalue weighted by Gasteiger charge is -2.18. The molecule has 0 spiro atoms. The topological polar surface area (TPSA) is 91.3 Å². The largest absolute Gasteiger partial charge is 0.480 e. The summed E-state index contributed by atoms with van der Waals surface area (Å²) in [6, 6.07) is 2.07. The maximum absolute atomic E-state index is 11.8. The van der Waals surface area contributed by atoms with E-state index in [-0.39, 0.29) is 6.04 Å². The Kier molecular flexibility index (Phi) is 6.49. The molecule has 6 heteroatoms. The third-order valence-corrected chi connectivity index (χ3v) is 3.00. The molecule has 0 fully saturated rings. The van der Waals surface area contributed by atoms with Crippen LogP contribution in [0.2, 0.25) is 0 Å². The monoisotopic (exact) mass is 279 g/mol. The van der Waals surface area contributed by atoms with Gasteiger partial charge in [-0.05, 0) is 31.0 Å². The summed E-state index contributed by atoms with van der Waals surface area (Å²) in [5, 5.41) is 14.3. The predicted molar refractivity (Wildman–Crippen MR) is 75.3 cm³/mol. The fraction of sp³-hybridized carbons (Fsp3) is 0.500. The van der Waals surface area contributed by atoms with E-state index in [2.05, 4.69) is 15.6 Å². The van der Waals surface area contributed by atoms with Gasteiger partial charge in [0.05, 0.1) is 6.04 Å². The van der Waals surface area contributed by atoms with Gasteiger partial charge >= 0.3 is 12.0 Å². The average Bonchev–Trinajstić information content (AvgIpc) is 2.44. The fourth-order valence-corrected chi connectivity index (χ4v) is 1.80. The molecule has 2 amide bonds. The Morgan fingerprint density at radius 1 is 1.30 bits per heavy atom. The van der Waals surface area contributed by atoms with Crippen LogP contribution in [-0.4, -0.2) is 28.1 Å². The summed E-state index contributed by atoms with van der Waals surface area (Å²) in [7, 11) is 0. The van der Waals surface area contributed by atoms with Gasteiger partial charge in [0, 0.05) is 12.4 Å². The first-order valence-electron chi connectivity index (χ1n) is 6.74. The van der Waals surface area contributed by atoms with Gasteiger partial charge in [-0.15, -0.1) is 0 Å². The number of carbonyl (C=O) groups excluding carboxylic acids is 1. The summed E-state index contributed by atoms with van der Waals surface area (Å²) in [5.74, 6) is -1.01. The van der Waals surface area contributed by atoms with Crippen molar-refractivity contribution >= 4 is 12.0 Å². The smallest absolute Gasteiger partial charge is 0.326 e. The van der Waals surface area contributed by atoms with Crippen LogP contribution in [0.4, 0.5) is 4.79 Å². The highest BCUT2D eigenvalue weighted by Gasteiger charge is 2.20. The molecular weight excluding hydrogens is 258 g/mol. The van der Waals surface area contributed by atoms with E-state index in [1.807, 2.05) is 13.8 Å². The van der Waals surface area contributed by atoms with Gasteiger partial charge in [0.25, 0.3) is 0 Å². The summed E-state index contributed by atoms with van der Waals surface area (Å²) in [6.45, 7) is 3.81. The number of pyridine rings is 1. The number of carbonyl (C=O) groups is 2. The number of carboxylic acids is 1. The van der Waals surface area contributed by atoms with Crippen LogP contribution in [0.25, 0.3) is 0 Å². The van der Waals surface area contributed by atoms with Crippen molar-refractivity contribution in [2.45, 2.75) is 45.2 Å². The van der Waals surface area contributed by atoms with Crippen LogP contribution in [0.15, 0.2) is 24.5 Å². The van der Waals surface area contributed by atoms with Gasteiger partial charge in [0.15, 0.2) is 0 Å². The molecule has 0 radical (unpaired) electrons. The normalized spacial score (nSPS) is 13.3. The van der Waals surface area contributed by atoms with Crippen LogP contribution < -0.4 is 10.6 Å². The molecule has 0 aliphatic carbocycles. The Morgan fingerprint density at radius 2 is 1.95 bits per heavy atom. The van der Waals surface area contributed by atoms with E-state index in [1.54, 1.807) is 24.5 Å². The highest BCUT2D eigenvalue weighted by molar-refractivity contribution is 5.82. The number of unbranched alkanes of at least 4 members (excludes halogenated alkanes) is 1. The number of nitrogens with zero attached hydrogens (tertiary/aromatic N) is 1. The highest BCUT2D eigenvalue weighted by atomic mass is 16.4. The van der Waals surface area contributed by atoms with Crippen LogP contribution >= 0.6 is 0 Å². The molecule has 2 atom stereocenters. The van der Waals surface area contributed by atoms with E-state index < -0.39 is 18.0 Å². The van der Waals surface area contributed by atoms with Gasteiger partial charge in [-0.3, -0.25) is 4.98 Å². The summed E-state index contributed by atoms with van der Waals surface area (Å²) >= 11 is 0. The molecule has 6 nitrogen and oxygen atoms in total. The summed E-state index contributed by atoms with van der Waals surface area (Å²) in [5.41, 5.74) is 0.913. The summed E-state index contributed by atoms with van der Waals surface area (Å²) in [6.07, 6.45) is 5.37. The molecule has 110 valence electrons. The van der Waals surface area contributed by atoms with Crippen LogP contribution in [-0.2, 0) is 4.79 Å². The number of urea groups is 1. The molecule has 0 bridgehead atoms. The maximum Gasteiger partial charge on any atom is 0.326 e. The molecule has 1 rings (SSSR count). The zero-order valence-electron chi connectivity index (χ0n) is 11.8. The van der Waals surface area contributed by atoms with E-state index in [4.69, 9.17) is 5.11 Å². The van der Waals surface area contributed by atoms with Crippen molar-refractivity contribution in [3.05, 3.63) is 30.1 Å². The quantitative estimate of drug-likeness (QED) is 0.712. The Labute approximate surface area is 118 Å². The minimum Gasteiger partial charge on any atom is -0.480 e. The van der Waals surface area contributed by atoms with E-state index in [0.29, 0.717) is 6.42 Å². The molecular formula is C14H21N3O3. The first kappa shape index (κ1) is 15.9. The van der Waals surface area contributed by atoms with Gasteiger partial charge < -0.3 is 15.7 Å². The van der Waals surface area contributed by atoms with Crippen molar-refractivity contribution in [2.24, 2.45) is 0 Å². The van der Waals surface area contributed by atoms with E-state index in [0.717, 1.165) is 18.4 Å². The number of rotatable bonds is 7. The zero-order valence-corrected chi connectivity index (χ0v) is 11.8. The van der Waals surface area contributed by atoms with E-state index in [9.17, 15) is 9.59 Å². The Morgan fingerprint density at radius 3 is 2.50 bits per heavy atom. The SMILES string of the molecule is CCCCC(NC(=O)NC(C)c1ccncc1)C(=O)O. The van der Waals surface area contributed by atoms with Crippen LogP contribution in [0, 0.1) is 0 Å². The lowest BCUT2D eigenvalue weighted by Crippen LogP contribution is -2.46. The van der Waals surface area contributed by atoms with E-state index >= 15 is 0 Å². The Bertz CT molecular complexity index is 437. The minimum atomic E-state index is -1.01. The molecule has 1 aromatic heterocycles. The van der Waals surface area contributed by atoms with Crippen molar-refractivity contribution in [2.75, 3.05) is 0 Å². The van der Waals surface area contributed by atoms with Gasteiger partial charge in [-0.2, -0.15) is 0 Å². The third-order valence-electron chi connectivity index (χ3n) is 3.00.